The van der Waals surface area contributed by atoms with Crippen LogP contribution in [-0.2, 0) is 17.8 Å². The van der Waals surface area contributed by atoms with Crippen LogP contribution < -0.4 is 10.9 Å². The van der Waals surface area contributed by atoms with Crippen molar-refractivity contribution in [1.29, 1.82) is 0 Å². The summed E-state index contributed by atoms with van der Waals surface area (Å²) in [6.07, 6.45) is 1.65. The van der Waals surface area contributed by atoms with Crippen LogP contribution in [0.15, 0.2) is 77.7 Å². The van der Waals surface area contributed by atoms with E-state index in [0.717, 1.165) is 16.7 Å². The molecule has 3 rings (SSSR count). The highest BCUT2D eigenvalue weighted by Crippen LogP contribution is 2.11. The van der Waals surface area contributed by atoms with Gasteiger partial charge in [0.05, 0.1) is 0 Å². The Hall–Kier alpha value is -3.34. The van der Waals surface area contributed by atoms with Gasteiger partial charge in [-0.3, -0.25) is 10.1 Å². The molecule has 1 aromatic heterocycles. The minimum absolute atomic E-state index is 0.147. The van der Waals surface area contributed by atoms with Crippen LogP contribution in [0.3, 0.4) is 0 Å². The molecule has 0 aliphatic rings. The number of hydrogen-bond acceptors (Lipinski definition) is 3. The second-order valence-electron chi connectivity index (χ2n) is 5.60. The van der Waals surface area contributed by atoms with Crippen LogP contribution in [0.5, 0.6) is 0 Å². The number of ether oxygens (including phenoxy) is 1. The van der Waals surface area contributed by atoms with Gasteiger partial charge in [-0.1, -0.05) is 60.7 Å². The maximum Gasteiger partial charge on any atom is 0.412 e. The van der Waals surface area contributed by atoms with Crippen molar-refractivity contribution >= 4 is 11.8 Å². The highest BCUT2D eigenvalue weighted by atomic mass is 16.5. The van der Waals surface area contributed by atoms with Crippen LogP contribution in [-0.4, -0.2) is 11.1 Å². The fraction of sp³-hybridized carbons (Fsp3) is 0.100. The van der Waals surface area contributed by atoms with E-state index in [4.69, 9.17) is 4.74 Å². The molecule has 0 atom stereocenters. The molecular weight excluding hydrogens is 316 g/mol. The number of aromatic nitrogens is 1. The first-order valence-corrected chi connectivity index (χ1v) is 7.94. The van der Waals surface area contributed by atoms with Gasteiger partial charge in [0.2, 0.25) is 0 Å². The third-order valence-corrected chi connectivity index (χ3v) is 3.66. The maximum absolute atomic E-state index is 11.9. The summed E-state index contributed by atoms with van der Waals surface area (Å²) >= 11 is 0. The molecule has 126 valence electrons. The van der Waals surface area contributed by atoms with E-state index < -0.39 is 6.09 Å². The Balaban J connectivity index is 1.64. The predicted molar refractivity (Wildman–Crippen MR) is 96.6 cm³/mol. The van der Waals surface area contributed by atoms with E-state index in [9.17, 15) is 9.59 Å². The minimum atomic E-state index is -0.661. The number of amides is 1. The van der Waals surface area contributed by atoms with Crippen molar-refractivity contribution in [2.75, 3.05) is 5.32 Å². The molecule has 2 aromatic carbocycles. The third kappa shape index (κ3) is 4.81. The fourth-order valence-corrected chi connectivity index (χ4v) is 2.42. The molecule has 5 nitrogen and oxygen atoms in total. The van der Waals surface area contributed by atoms with Gasteiger partial charge in [-0.25, -0.2) is 4.79 Å². The van der Waals surface area contributed by atoms with Crippen LogP contribution in [0, 0.1) is 0 Å². The van der Waals surface area contributed by atoms with E-state index in [-0.39, 0.29) is 17.9 Å². The molecule has 0 aliphatic carbocycles. The third-order valence-electron chi connectivity index (χ3n) is 3.66. The first-order chi connectivity index (χ1) is 12.2. The summed E-state index contributed by atoms with van der Waals surface area (Å²) < 4.78 is 5.14. The number of rotatable bonds is 5. The van der Waals surface area contributed by atoms with Crippen molar-refractivity contribution in [3.05, 3.63) is 100.0 Å². The monoisotopic (exact) mass is 334 g/mol. The number of anilines is 1. The van der Waals surface area contributed by atoms with E-state index in [1.807, 2.05) is 60.7 Å². The lowest BCUT2D eigenvalue weighted by atomic mass is 10.1. The standard InChI is InChI=1S/C20H18N2O3/c23-19-18(22-20(24)25-14-16-9-5-2-6-10-16)12-17(13-21-19)11-15-7-3-1-4-8-15/h1-10,12-13H,11,14H2,(H,21,23)(H,22,24). The molecule has 2 N–H and O–H groups in total. The summed E-state index contributed by atoms with van der Waals surface area (Å²) in [4.78, 5) is 26.5. The summed E-state index contributed by atoms with van der Waals surface area (Å²) in [7, 11) is 0. The molecule has 25 heavy (non-hydrogen) atoms. The predicted octanol–water partition coefficient (Wildman–Crippen LogP) is 3.71. The van der Waals surface area contributed by atoms with Crippen LogP contribution in [0.4, 0.5) is 10.5 Å². The zero-order valence-corrected chi connectivity index (χ0v) is 13.6. The van der Waals surface area contributed by atoms with Gasteiger partial charge in [-0.2, -0.15) is 0 Å². The van der Waals surface area contributed by atoms with E-state index in [2.05, 4.69) is 10.3 Å². The molecule has 1 amide bonds. The van der Waals surface area contributed by atoms with Crippen molar-refractivity contribution in [1.82, 2.24) is 4.98 Å². The van der Waals surface area contributed by atoms with Gasteiger partial charge in [-0.05, 0) is 29.2 Å². The lowest BCUT2D eigenvalue weighted by molar-refractivity contribution is 0.155. The smallest absolute Gasteiger partial charge is 0.412 e. The molecule has 0 saturated heterocycles. The zero-order valence-electron chi connectivity index (χ0n) is 13.6. The van der Waals surface area contributed by atoms with Crippen molar-refractivity contribution in [2.24, 2.45) is 0 Å². The topological polar surface area (TPSA) is 71.2 Å². The summed E-state index contributed by atoms with van der Waals surface area (Å²) in [5, 5.41) is 2.50. The molecule has 0 fully saturated rings. The Labute approximate surface area is 145 Å². The lowest BCUT2D eigenvalue weighted by Crippen LogP contribution is -2.20. The zero-order chi connectivity index (χ0) is 17.5. The van der Waals surface area contributed by atoms with Crippen LogP contribution in [0.2, 0.25) is 0 Å². The number of pyridine rings is 1. The van der Waals surface area contributed by atoms with Crippen LogP contribution >= 0.6 is 0 Å². The SMILES string of the molecule is O=C(Nc1cc(Cc2ccccc2)c[nH]c1=O)OCc1ccccc1. The van der Waals surface area contributed by atoms with Crippen LogP contribution in [0.25, 0.3) is 0 Å². The second kappa shape index (κ2) is 7.97. The average Bonchev–Trinajstić information content (AvgIpc) is 2.64. The number of carbonyl (C=O) groups excluding carboxylic acids is 1. The van der Waals surface area contributed by atoms with Gasteiger partial charge in [0.1, 0.15) is 12.3 Å². The first-order valence-electron chi connectivity index (χ1n) is 7.94. The van der Waals surface area contributed by atoms with Crippen LogP contribution in [0.1, 0.15) is 16.7 Å². The number of hydrogen-bond donors (Lipinski definition) is 2. The van der Waals surface area contributed by atoms with Crippen molar-refractivity contribution < 1.29 is 9.53 Å². The first kappa shape index (κ1) is 16.5. The molecule has 5 heteroatoms. The molecule has 3 aromatic rings. The molecule has 0 unspecified atom stereocenters. The molecule has 0 aliphatic heterocycles. The Bertz CT molecular complexity index is 890. The van der Waals surface area contributed by atoms with E-state index in [1.54, 1.807) is 12.3 Å². The Morgan fingerprint density at radius 3 is 2.24 bits per heavy atom. The average molecular weight is 334 g/mol. The summed E-state index contributed by atoms with van der Waals surface area (Å²) in [5.74, 6) is 0. The minimum Gasteiger partial charge on any atom is -0.444 e. The largest absolute Gasteiger partial charge is 0.444 e. The van der Waals surface area contributed by atoms with E-state index >= 15 is 0 Å². The van der Waals surface area contributed by atoms with Crippen molar-refractivity contribution in [2.45, 2.75) is 13.0 Å². The quantitative estimate of drug-likeness (QED) is 0.747. The summed E-state index contributed by atoms with van der Waals surface area (Å²) in [6.45, 7) is 0.147. The molecule has 1 heterocycles. The van der Waals surface area contributed by atoms with E-state index in [1.165, 1.54) is 0 Å². The van der Waals surface area contributed by atoms with Gasteiger partial charge in [0, 0.05) is 6.20 Å². The second-order valence-corrected chi connectivity index (χ2v) is 5.60. The molecule has 0 bridgehead atoms. The van der Waals surface area contributed by atoms with Gasteiger partial charge >= 0.3 is 6.09 Å². The molecule has 0 spiro atoms. The summed E-state index contributed by atoms with van der Waals surface area (Å²) in [6, 6.07) is 20.9. The highest BCUT2D eigenvalue weighted by Gasteiger charge is 2.08. The van der Waals surface area contributed by atoms with E-state index in [0.29, 0.717) is 6.42 Å². The molecule has 0 saturated carbocycles. The summed E-state index contributed by atoms with van der Waals surface area (Å²) in [5.41, 5.74) is 2.70. The Morgan fingerprint density at radius 2 is 1.56 bits per heavy atom. The van der Waals surface area contributed by atoms with Gasteiger partial charge < -0.3 is 9.72 Å². The van der Waals surface area contributed by atoms with Gasteiger partial charge in [0.15, 0.2) is 0 Å². The Kier molecular flexibility index (Phi) is 5.26. The van der Waals surface area contributed by atoms with Crippen molar-refractivity contribution in [3.8, 4) is 0 Å². The number of H-pyrrole nitrogens is 1. The van der Waals surface area contributed by atoms with Gasteiger partial charge in [0.25, 0.3) is 5.56 Å². The molecular formula is C20H18N2O3. The lowest BCUT2D eigenvalue weighted by Gasteiger charge is -2.08. The van der Waals surface area contributed by atoms with Gasteiger partial charge in [-0.15, -0.1) is 0 Å². The number of nitrogens with one attached hydrogen (secondary N) is 2. The highest BCUT2D eigenvalue weighted by molar-refractivity contribution is 5.84. The normalized spacial score (nSPS) is 10.2. The Morgan fingerprint density at radius 1 is 0.920 bits per heavy atom. The fourth-order valence-electron chi connectivity index (χ4n) is 2.42. The number of carbonyl (C=O) groups is 1. The van der Waals surface area contributed by atoms with Crippen molar-refractivity contribution in [3.63, 3.8) is 0 Å². The number of benzene rings is 2. The number of aromatic amines is 1. The molecule has 0 radical (unpaired) electrons. The maximum atomic E-state index is 11.9.